The molecule has 33 heavy (non-hydrogen) atoms. The van der Waals surface area contributed by atoms with Crippen LogP contribution in [-0.2, 0) is 23.5 Å². The summed E-state index contributed by atoms with van der Waals surface area (Å²) in [4.78, 5) is -0.663. The van der Waals surface area contributed by atoms with Crippen LogP contribution in [0, 0.1) is 18.8 Å². The van der Waals surface area contributed by atoms with Gasteiger partial charge in [-0.1, -0.05) is 0 Å². The van der Waals surface area contributed by atoms with E-state index in [-0.39, 0.29) is 10.8 Å². The van der Waals surface area contributed by atoms with E-state index in [0.717, 1.165) is 30.4 Å². The van der Waals surface area contributed by atoms with Crippen molar-refractivity contribution in [2.45, 2.75) is 57.3 Å². The predicted octanol–water partition coefficient (Wildman–Crippen LogP) is 7.43. The molecule has 0 saturated heterocycles. The van der Waals surface area contributed by atoms with Crippen LogP contribution in [0.2, 0.25) is 0 Å². The van der Waals surface area contributed by atoms with Crippen molar-refractivity contribution in [3.05, 3.63) is 96.6 Å². The fraction of sp³-hybridized carbons (Fsp3) is 0.308. The predicted molar refractivity (Wildman–Crippen MR) is 136 cm³/mol. The van der Waals surface area contributed by atoms with E-state index in [1.165, 1.54) is 0 Å². The third-order valence-corrected chi connectivity index (χ3v) is 12.5. The zero-order valence-electron chi connectivity index (χ0n) is 19.6. The standard InChI is InChI=1S/C26H29F2IO3S/c1-25(2,3)18-7-12-21(13-8-18)29(22-14-9-19(10-15-22)26(4,5)6)32-33(30,31)24-16-11-20(27)17-23(24)28/h7-17H,1-6H3. The van der Waals surface area contributed by atoms with Crippen LogP contribution in [0.15, 0.2) is 71.6 Å². The van der Waals surface area contributed by atoms with E-state index >= 15 is 0 Å². The molecule has 0 aliphatic heterocycles. The molecular weight excluding hydrogens is 557 g/mol. The van der Waals surface area contributed by atoms with Gasteiger partial charge in [0, 0.05) is 0 Å². The van der Waals surface area contributed by atoms with Crippen molar-refractivity contribution in [3.63, 3.8) is 0 Å². The molecule has 3 rings (SSSR count). The van der Waals surface area contributed by atoms with E-state index < -0.39 is 46.9 Å². The van der Waals surface area contributed by atoms with Crippen LogP contribution in [-0.4, -0.2) is 8.42 Å². The Hall–Kier alpha value is -1.84. The molecule has 7 heteroatoms. The summed E-state index contributed by atoms with van der Waals surface area (Å²) < 4.78 is 60.9. The third-order valence-electron chi connectivity index (χ3n) is 5.13. The summed E-state index contributed by atoms with van der Waals surface area (Å²) in [7, 11) is -4.45. The van der Waals surface area contributed by atoms with Gasteiger partial charge in [-0.15, -0.1) is 0 Å². The molecule has 3 nitrogen and oxygen atoms in total. The molecule has 0 aromatic heterocycles. The van der Waals surface area contributed by atoms with Gasteiger partial charge in [0.15, 0.2) is 0 Å². The second-order valence-electron chi connectivity index (χ2n) is 9.85. The Kier molecular flexibility index (Phi) is 7.36. The van der Waals surface area contributed by atoms with Gasteiger partial charge in [-0.3, -0.25) is 0 Å². The molecule has 0 fully saturated rings. The van der Waals surface area contributed by atoms with Gasteiger partial charge in [0.25, 0.3) is 0 Å². The van der Waals surface area contributed by atoms with Crippen LogP contribution in [0.4, 0.5) is 8.78 Å². The summed E-state index contributed by atoms with van der Waals surface area (Å²) in [6.45, 7) is 12.6. The fourth-order valence-electron chi connectivity index (χ4n) is 3.12. The first-order chi connectivity index (χ1) is 15.2. The summed E-state index contributed by atoms with van der Waals surface area (Å²) in [5, 5.41) is 0. The van der Waals surface area contributed by atoms with Gasteiger partial charge in [0.1, 0.15) is 0 Å². The van der Waals surface area contributed by atoms with Crippen molar-refractivity contribution in [3.8, 4) is 0 Å². The van der Waals surface area contributed by atoms with E-state index in [4.69, 9.17) is 2.51 Å². The molecule has 0 saturated carbocycles. The molecule has 0 aliphatic carbocycles. The molecule has 0 spiro atoms. The second kappa shape index (κ2) is 9.43. The van der Waals surface area contributed by atoms with Gasteiger partial charge in [-0.25, -0.2) is 0 Å². The monoisotopic (exact) mass is 586 g/mol. The molecule has 0 amide bonds. The molecule has 178 valence electrons. The van der Waals surface area contributed by atoms with Crippen molar-refractivity contribution >= 4 is 30.4 Å². The minimum atomic E-state index is -4.45. The second-order valence-corrected chi connectivity index (χ2v) is 16.3. The van der Waals surface area contributed by atoms with E-state index in [1.54, 1.807) is 0 Å². The Bertz CT molecular complexity index is 1170. The average Bonchev–Trinajstić information content (AvgIpc) is 2.71. The quantitative estimate of drug-likeness (QED) is 0.292. The molecule has 0 atom stereocenters. The fourth-order valence-corrected chi connectivity index (χ4v) is 10.0. The summed E-state index contributed by atoms with van der Waals surface area (Å²) in [5.74, 6) is -2.02. The SMILES string of the molecule is CC(C)(C)c1ccc(I(OS(=O)(=O)c2ccc(F)cc2F)c2ccc(C(C)(C)C)cc2)cc1. The summed E-state index contributed by atoms with van der Waals surface area (Å²) in [5.41, 5.74) is 2.10. The van der Waals surface area contributed by atoms with E-state index in [2.05, 4.69) is 41.5 Å². The molecule has 3 aromatic carbocycles. The van der Waals surface area contributed by atoms with Crippen molar-refractivity contribution in [2.24, 2.45) is 0 Å². The molecule has 0 N–H and O–H groups in total. The maximum absolute atomic E-state index is 14.3. The van der Waals surface area contributed by atoms with Gasteiger partial charge in [-0.2, -0.15) is 0 Å². The van der Waals surface area contributed by atoms with Gasteiger partial charge in [0.2, 0.25) is 0 Å². The third kappa shape index (κ3) is 6.19. The molecule has 0 unspecified atom stereocenters. The van der Waals surface area contributed by atoms with Gasteiger partial charge in [-0.05, 0) is 0 Å². The Labute approximate surface area is 203 Å². The van der Waals surface area contributed by atoms with E-state index in [0.29, 0.717) is 6.07 Å². The van der Waals surface area contributed by atoms with Crippen molar-refractivity contribution in [1.29, 1.82) is 0 Å². The van der Waals surface area contributed by atoms with Crippen LogP contribution in [0.1, 0.15) is 52.7 Å². The van der Waals surface area contributed by atoms with Gasteiger partial charge in [0.05, 0.1) is 0 Å². The summed E-state index contributed by atoms with van der Waals surface area (Å²) in [6.07, 6.45) is 0. The Balaban J connectivity index is 2.07. The summed E-state index contributed by atoms with van der Waals surface area (Å²) >= 11 is -3.00. The number of benzene rings is 3. The minimum absolute atomic E-state index is 0.0594. The number of hydrogen-bond acceptors (Lipinski definition) is 3. The molecular formula is C26H29F2IO3S. The van der Waals surface area contributed by atoms with E-state index in [1.807, 2.05) is 48.5 Å². The summed E-state index contributed by atoms with van der Waals surface area (Å²) in [6, 6.07) is 17.8. The normalized spacial score (nSPS) is 13.2. The van der Waals surface area contributed by atoms with Crippen molar-refractivity contribution in [1.82, 2.24) is 0 Å². The van der Waals surface area contributed by atoms with Crippen LogP contribution in [0.3, 0.4) is 0 Å². The van der Waals surface area contributed by atoms with Crippen molar-refractivity contribution in [2.75, 3.05) is 0 Å². The number of halogens is 3. The molecule has 0 aliphatic rings. The molecule has 0 bridgehead atoms. The first-order valence-corrected chi connectivity index (χ1v) is 14.9. The Morgan fingerprint density at radius 2 is 1.12 bits per heavy atom. The Morgan fingerprint density at radius 1 is 0.697 bits per heavy atom. The first kappa shape index (κ1) is 25.8. The van der Waals surface area contributed by atoms with Gasteiger partial charge < -0.3 is 0 Å². The van der Waals surface area contributed by atoms with Crippen LogP contribution in [0.5, 0.6) is 0 Å². The van der Waals surface area contributed by atoms with Gasteiger partial charge >= 0.3 is 204 Å². The topological polar surface area (TPSA) is 43.4 Å². The molecule has 0 heterocycles. The number of rotatable bonds is 5. The zero-order chi connectivity index (χ0) is 24.6. The van der Waals surface area contributed by atoms with Crippen LogP contribution < -0.4 is 0 Å². The first-order valence-electron chi connectivity index (χ1n) is 10.5. The zero-order valence-corrected chi connectivity index (χ0v) is 22.6. The Morgan fingerprint density at radius 3 is 1.48 bits per heavy atom. The number of hydrogen-bond donors (Lipinski definition) is 0. The maximum atomic E-state index is 14.3. The average molecular weight is 586 g/mol. The van der Waals surface area contributed by atoms with Crippen LogP contribution in [0.25, 0.3) is 0 Å². The molecule has 0 radical (unpaired) electrons. The van der Waals surface area contributed by atoms with E-state index in [9.17, 15) is 17.2 Å². The molecule has 3 aromatic rings. The van der Waals surface area contributed by atoms with Crippen LogP contribution >= 0.6 is 20.2 Å². The van der Waals surface area contributed by atoms with Crippen molar-refractivity contribution < 1.29 is 19.7 Å².